The SMILES string of the molecule is CNc1ncc(S(=O)(=O)NCCc2cscn2)cn1. The Morgan fingerprint density at radius 2 is 2.00 bits per heavy atom. The third-order valence-corrected chi connectivity index (χ3v) is 4.37. The molecule has 0 aliphatic rings. The standard InChI is InChI=1S/C10H13N5O2S2/c1-11-10-12-4-9(5-13-10)19(16,17)15-3-2-8-6-18-7-14-8/h4-7,15H,2-3H2,1H3,(H,11,12,13). The predicted octanol–water partition coefficient (Wildman–Crippen LogP) is 0.496. The quantitative estimate of drug-likeness (QED) is 0.806. The molecule has 0 fully saturated rings. The molecular formula is C10H13N5O2S2. The maximum absolute atomic E-state index is 11.9. The molecule has 0 aliphatic heterocycles. The van der Waals surface area contributed by atoms with E-state index in [9.17, 15) is 8.42 Å². The summed E-state index contributed by atoms with van der Waals surface area (Å²) in [6.45, 7) is 0.292. The van der Waals surface area contributed by atoms with Gasteiger partial charge in [-0.1, -0.05) is 0 Å². The Morgan fingerprint density at radius 3 is 2.58 bits per heavy atom. The number of anilines is 1. The Labute approximate surface area is 115 Å². The van der Waals surface area contributed by atoms with E-state index in [0.717, 1.165) is 5.69 Å². The second kappa shape index (κ2) is 6.04. The lowest BCUT2D eigenvalue weighted by atomic mass is 10.3. The van der Waals surface area contributed by atoms with Crippen molar-refractivity contribution in [3.8, 4) is 0 Å². The lowest BCUT2D eigenvalue weighted by Crippen LogP contribution is -2.26. The van der Waals surface area contributed by atoms with Gasteiger partial charge in [0, 0.05) is 25.4 Å². The van der Waals surface area contributed by atoms with Gasteiger partial charge in [-0.3, -0.25) is 0 Å². The minimum atomic E-state index is -3.57. The number of aromatic nitrogens is 3. The van der Waals surface area contributed by atoms with Crippen molar-refractivity contribution in [2.45, 2.75) is 11.3 Å². The van der Waals surface area contributed by atoms with Gasteiger partial charge in [0.15, 0.2) is 0 Å². The van der Waals surface area contributed by atoms with Crippen LogP contribution in [-0.4, -0.2) is 37.0 Å². The molecule has 9 heteroatoms. The van der Waals surface area contributed by atoms with E-state index in [0.29, 0.717) is 18.9 Å². The van der Waals surface area contributed by atoms with Crippen molar-refractivity contribution in [1.82, 2.24) is 19.7 Å². The summed E-state index contributed by atoms with van der Waals surface area (Å²) in [5.74, 6) is 0.376. The average Bonchev–Trinajstić information content (AvgIpc) is 2.92. The Kier molecular flexibility index (Phi) is 4.40. The van der Waals surface area contributed by atoms with Gasteiger partial charge < -0.3 is 5.32 Å². The number of rotatable bonds is 6. The lowest BCUT2D eigenvalue weighted by Gasteiger charge is -2.05. The molecule has 0 saturated carbocycles. The minimum absolute atomic E-state index is 0.0461. The van der Waals surface area contributed by atoms with Crippen LogP contribution in [0.1, 0.15) is 5.69 Å². The molecule has 0 bridgehead atoms. The molecule has 2 heterocycles. The molecule has 0 radical (unpaired) electrons. The van der Waals surface area contributed by atoms with E-state index >= 15 is 0 Å². The Balaban J connectivity index is 1.97. The molecule has 2 N–H and O–H groups in total. The zero-order valence-electron chi connectivity index (χ0n) is 10.2. The van der Waals surface area contributed by atoms with Crippen LogP contribution in [0.3, 0.4) is 0 Å². The first kappa shape index (κ1) is 13.8. The third-order valence-electron chi connectivity index (χ3n) is 2.32. The summed E-state index contributed by atoms with van der Waals surface area (Å²) in [5, 5.41) is 4.61. The maximum Gasteiger partial charge on any atom is 0.243 e. The van der Waals surface area contributed by atoms with E-state index in [1.165, 1.54) is 23.7 Å². The summed E-state index contributed by atoms with van der Waals surface area (Å²) >= 11 is 1.48. The highest BCUT2D eigenvalue weighted by atomic mass is 32.2. The van der Waals surface area contributed by atoms with Crippen molar-refractivity contribution >= 4 is 27.3 Å². The van der Waals surface area contributed by atoms with Crippen LogP contribution in [0.4, 0.5) is 5.95 Å². The molecule has 0 aromatic carbocycles. The van der Waals surface area contributed by atoms with E-state index in [-0.39, 0.29) is 4.90 Å². The van der Waals surface area contributed by atoms with Crippen molar-refractivity contribution in [2.75, 3.05) is 18.9 Å². The van der Waals surface area contributed by atoms with Crippen molar-refractivity contribution in [1.29, 1.82) is 0 Å². The number of nitrogens with one attached hydrogen (secondary N) is 2. The van der Waals surface area contributed by atoms with Crippen LogP contribution in [0, 0.1) is 0 Å². The fourth-order valence-corrected chi connectivity index (χ4v) is 2.86. The fraction of sp³-hybridized carbons (Fsp3) is 0.300. The first-order chi connectivity index (χ1) is 9.12. The smallest absolute Gasteiger partial charge is 0.243 e. The highest BCUT2D eigenvalue weighted by Crippen LogP contribution is 2.07. The van der Waals surface area contributed by atoms with E-state index in [1.807, 2.05) is 5.38 Å². The van der Waals surface area contributed by atoms with E-state index in [4.69, 9.17) is 0 Å². The number of sulfonamides is 1. The van der Waals surface area contributed by atoms with Crippen LogP contribution in [0.15, 0.2) is 28.2 Å². The molecule has 0 atom stereocenters. The molecule has 7 nitrogen and oxygen atoms in total. The molecule has 0 aliphatic carbocycles. The van der Waals surface area contributed by atoms with Crippen LogP contribution in [-0.2, 0) is 16.4 Å². The van der Waals surface area contributed by atoms with Crippen LogP contribution < -0.4 is 10.0 Å². The zero-order chi connectivity index (χ0) is 13.7. The van der Waals surface area contributed by atoms with Crippen LogP contribution in [0.5, 0.6) is 0 Å². The first-order valence-corrected chi connectivity index (χ1v) is 7.91. The summed E-state index contributed by atoms with van der Waals surface area (Å²) < 4.78 is 26.3. The van der Waals surface area contributed by atoms with Crippen molar-refractivity contribution in [3.63, 3.8) is 0 Å². The summed E-state index contributed by atoms with van der Waals surface area (Å²) in [7, 11) is -1.90. The first-order valence-electron chi connectivity index (χ1n) is 5.48. The predicted molar refractivity (Wildman–Crippen MR) is 72.6 cm³/mol. The molecule has 2 aromatic rings. The monoisotopic (exact) mass is 299 g/mol. The van der Waals surface area contributed by atoms with Crippen LogP contribution in [0.25, 0.3) is 0 Å². The highest BCUT2D eigenvalue weighted by Gasteiger charge is 2.14. The molecule has 0 unspecified atom stereocenters. The number of hydrogen-bond acceptors (Lipinski definition) is 7. The van der Waals surface area contributed by atoms with Crippen molar-refractivity contribution in [3.05, 3.63) is 29.0 Å². The van der Waals surface area contributed by atoms with Gasteiger partial charge >= 0.3 is 0 Å². The minimum Gasteiger partial charge on any atom is -0.357 e. The normalized spacial score (nSPS) is 11.4. The molecule has 2 aromatic heterocycles. The van der Waals surface area contributed by atoms with Gasteiger partial charge in [0.2, 0.25) is 16.0 Å². The molecule has 2 rings (SSSR count). The van der Waals surface area contributed by atoms with Gasteiger partial charge in [0.25, 0.3) is 0 Å². The van der Waals surface area contributed by atoms with Gasteiger partial charge in [-0.05, 0) is 0 Å². The van der Waals surface area contributed by atoms with E-state index in [1.54, 1.807) is 12.6 Å². The maximum atomic E-state index is 11.9. The Morgan fingerprint density at radius 1 is 1.26 bits per heavy atom. The van der Waals surface area contributed by atoms with E-state index < -0.39 is 10.0 Å². The fourth-order valence-electron chi connectivity index (χ4n) is 1.34. The second-order valence-corrected chi connectivity index (χ2v) is 6.11. The zero-order valence-corrected chi connectivity index (χ0v) is 11.8. The summed E-state index contributed by atoms with van der Waals surface area (Å²) in [6.07, 6.45) is 3.09. The van der Waals surface area contributed by atoms with Crippen molar-refractivity contribution in [2.24, 2.45) is 0 Å². The summed E-state index contributed by atoms with van der Waals surface area (Å²) in [6, 6.07) is 0. The molecule has 0 spiro atoms. The second-order valence-electron chi connectivity index (χ2n) is 3.62. The molecule has 19 heavy (non-hydrogen) atoms. The van der Waals surface area contributed by atoms with Gasteiger partial charge in [-0.2, -0.15) is 0 Å². The van der Waals surface area contributed by atoms with Crippen molar-refractivity contribution < 1.29 is 8.42 Å². The topological polar surface area (TPSA) is 96.9 Å². The Hall–Kier alpha value is -1.58. The third kappa shape index (κ3) is 3.69. The van der Waals surface area contributed by atoms with Crippen LogP contribution in [0.2, 0.25) is 0 Å². The summed E-state index contributed by atoms with van der Waals surface area (Å²) in [4.78, 5) is 11.9. The number of nitrogens with zero attached hydrogens (tertiary/aromatic N) is 3. The van der Waals surface area contributed by atoms with Crippen LogP contribution >= 0.6 is 11.3 Å². The van der Waals surface area contributed by atoms with Gasteiger partial charge in [0.05, 0.1) is 23.6 Å². The van der Waals surface area contributed by atoms with Gasteiger partial charge in [-0.15, -0.1) is 11.3 Å². The summed E-state index contributed by atoms with van der Waals surface area (Å²) in [5.41, 5.74) is 2.59. The average molecular weight is 299 g/mol. The molecular weight excluding hydrogens is 286 g/mol. The van der Waals surface area contributed by atoms with Gasteiger partial charge in [-0.25, -0.2) is 28.1 Å². The van der Waals surface area contributed by atoms with E-state index in [2.05, 4.69) is 25.0 Å². The number of hydrogen-bond donors (Lipinski definition) is 2. The molecule has 102 valence electrons. The highest BCUT2D eigenvalue weighted by molar-refractivity contribution is 7.89. The molecule has 0 saturated heterocycles. The largest absolute Gasteiger partial charge is 0.357 e. The Bertz CT molecular complexity index is 610. The molecule has 0 amide bonds. The lowest BCUT2D eigenvalue weighted by molar-refractivity contribution is 0.580. The van der Waals surface area contributed by atoms with Gasteiger partial charge in [0.1, 0.15) is 4.90 Å². The number of thiazole rings is 1.